The van der Waals surface area contributed by atoms with Gasteiger partial charge in [0, 0.05) is 4.47 Å². The summed E-state index contributed by atoms with van der Waals surface area (Å²) in [5, 5.41) is 9.34. The standard InChI is InChI=1S/C14H18BrNO2/c15-12-5-3-11(4-6-12)13(14(17)18)7-10-16-8-1-2-9-16/h3-6,13H,1-2,7-10H2,(H,17,18). The molecule has 98 valence electrons. The van der Waals surface area contributed by atoms with Gasteiger partial charge in [0.15, 0.2) is 0 Å². The number of hydrogen-bond donors (Lipinski definition) is 1. The largest absolute Gasteiger partial charge is 0.481 e. The summed E-state index contributed by atoms with van der Waals surface area (Å²) in [4.78, 5) is 13.7. The molecule has 18 heavy (non-hydrogen) atoms. The number of rotatable bonds is 5. The fraction of sp³-hybridized carbons (Fsp3) is 0.500. The van der Waals surface area contributed by atoms with Gasteiger partial charge < -0.3 is 10.0 Å². The molecule has 0 saturated carbocycles. The van der Waals surface area contributed by atoms with E-state index in [1.54, 1.807) is 0 Å². The van der Waals surface area contributed by atoms with Gasteiger partial charge in [-0.25, -0.2) is 0 Å². The van der Waals surface area contributed by atoms with Crippen molar-refractivity contribution in [1.29, 1.82) is 0 Å². The zero-order valence-corrected chi connectivity index (χ0v) is 11.9. The predicted octanol–water partition coefficient (Wildman–Crippen LogP) is 3.10. The average molecular weight is 312 g/mol. The maximum absolute atomic E-state index is 11.4. The lowest BCUT2D eigenvalue weighted by molar-refractivity contribution is -0.139. The van der Waals surface area contributed by atoms with Gasteiger partial charge >= 0.3 is 5.97 Å². The van der Waals surface area contributed by atoms with E-state index in [-0.39, 0.29) is 0 Å². The number of benzene rings is 1. The maximum Gasteiger partial charge on any atom is 0.311 e. The van der Waals surface area contributed by atoms with Crippen LogP contribution < -0.4 is 0 Å². The van der Waals surface area contributed by atoms with Gasteiger partial charge in [-0.1, -0.05) is 28.1 Å². The molecule has 1 saturated heterocycles. The second-order valence-corrected chi connectivity index (χ2v) is 5.70. The van der Waals surface area contributed by atoms with E-state index < -0.39 is 11.9 Å². The summed E-state index contributed by atoms with van der Waals surface area (Å²) in [5.41, 5.74) is 0.893. The molecular weight excluding hydrogens is 294 g/mol. The zero-order chi connectivity index (χ0) is 13.0. The van der Waals surface area contributed by atoms with Crippen molar-refractivity contribution in [3.8, 4) is 0 Å². The Balaban J connectivity index is 1.99. The number of hydrogen-bond acceptors (Lipinski definition) is 2. The van der Waals surface area contributed by atoms with Gasteiger partial charge in [0.25, 0.3) is 0 Å². The summed E-state index contributed by atoms with van der Waals surface area (Å²) in [5.74, 6) is -1.12. The highest BCUT2D eigenvalue weighted by Gasteiger charge is 2.21. The monoisotopic (exact) mass is 311 g/mol. The van der Waals surface area contributed by atoms with E-state index in [0.29, 0.717) is 6.42 Å². The maximum atomic E-state index is 11.4. The Kier molecular flexibility index (Phi) is 4.78. The number of halogens is 1. The highest BCUT2D eigenvalue weighted by atomic mass is 79.9. The molecule has 1 atom stereocenters. The molecule has 1 aliphatic heterocycles. The first-order valence-electron chi connectivity index (χ1n) is 6.37. The lowest BCUT2D eigenvalue weighted by Crippen LogP contribution is -2.24. The minimum atomic E-state index is -0.725. The van der Waals surface area contributed by atoms with Crippen LogP contribution in [0.1, 0.15) is 30.7 Å². The number of likely N-dealkylation sites (tertiary alicyclic amines) is 1. The van der Waals surface area contributed by atoms with Crippen LogP contribution in [0.3, 0.4) is 0 Å². The van der Waals surface area contributed by atoms with Crippen molar-refractivity contribution in [3.63, 3.8) is 0 Å². The molecule has 1 aromatic carbocycles. The normalized spacial score (nSPS) is 17.8. The summed E-state index contributed by atoms with van der Waals surface area (Å²) in [6.07, 6.45) is 3.18. The van der Waals surface area contributed by atoms with Gasteiger partial charge in [-0.05, 0) is 56.6 Å². The Labute approximate surface area is 116 Å². The third-order valence-corrected chi connectivity index (χ3v) is 4.03. The van der Waals surface area contributed by atoms with Crippen LogP contribution in [0.5, 0.6) is 0 Å². The van der Waals surface area contributed by atoms with Gasteiger partial charge in [-0.3, -0.25) is 4.79 Å². The van der Waals surface area contributed by atoms with E-state index >= 15 is 0 Å². The van der Waals surface area contributed by atoms with Crippen LogP contribution in [0.15, 0.2) is 28.7 Å². The van der Waals surface area contributed by atoms with Crippen molar-refractivity contribution in [2.24, 2.45) is 0 Å². The lowest BCUT2D eigenvalue weighted by atomic mass is 9.96. The average Bonchev–Trinajstić information content (AvgIpc) is 2.84. The number of carboxylic acids is 1. The lowest BCUT2D eigenvalue weighted by Gasteiger charge is -2.18. The minimum Gasteiger partial charge on any atom is -0.481 e. The molecule has 1 unspecified atom stereocenters. The molecule has 3 nitrogen and oxygen atoms in total. The number of carboxylic acid groups (broad SMARTS) is 1. The number of nitrogens with zero attached hydrogens (tertiary/aromatic N) is 1. The fourth-order valence-corrected chi connectivity index (χ4v) is 2.71. The SMILES string of the molecule is O=C(O)C(CCN1CCCC1)c1ccc(Br)cc1. The van der Waals surface area contributed by atoms with Crippen molar-refractivity contribution in [1.82, 2.24) is 4.90 Å². The van der Waals surface area contributed by atoms with Crippen molar-refractivity contribution in [2.75, 3.05) is 19.6 Å². The Bertz CT molecular complexity index is 399. The van der Waals surface area contributed by atoms with E-state index in [2.05, 4.69) is 20.8 Å². The van der Waals surface area contributed by atoms with Gasteiger partial charge in [-0.15, -0.1) is 0 Å². The number of aliphatic carboxylic acids is 1. The molecule has 1 aliphatic rings. The molecule has 2 rings (SSSR count). The third-order valence-electron chi connectivity index (χ3n) is 3.50. The minimum absolute atomic E-state index is 0.390. The molecule has 0 aromatic heterocycles. The molecule has 0 aliphatic carbocycles. The van der Waals surface area contributed by atoms with Gasteiger partial charge in [0.05, 0.1) is 5.92 Å². The molecule has 4 heteroatoms. The summed E-state index contributed by atoms with van der Waals surface area (Å²) >= 11 is 3.37. The quantitative estimate of drug-likeness (QED) is 0.908. The molecule has 1 fully saturated rings. The first-order chi connectivity index (χ1) is 8.66. The number of carbonyl (C=O) groups is 1. The van der Waals surface area contributed by atoms with Crippen LogP contribution in [0.2, 0.25) is 0 Å². The van der Waals surface area contributed by atoms with Crippen molar-refractivity contribution in [3.05, 3.63) is 34.3 Å². The molecule has 0 spiro atoms. The van der Waals surface area contributed by atoms with E-state index in [9.17, 15) is 9.90 Å². The molecular formula is C14H18BrNO2. The third kappa shape index (κ3) is 3.56. The summed E-state index contributed by atoms with van der Waals surface area (Å²) in [7, 11) is 0. The first-order valence-corrected chi connectivity index (χ1v) is 7.17. The first kappa shape index (κ1) is 13.6. The van der Waals surface area contributed by atoms with Gasteiger partial charge in [0.2, 0.25) is 0 Å². The Morgan fingerprint density at radius 2 is 1.89 bits per heavy atom. The second kappa shape index (κ2) is 6.34. The highest BCUT2D eigenvalue weighted by molar-refractivity contribution is 9.10. The molecule has 0 bridgehead atoms. The molecule has 0 amide bonds. The zero-order valence-electron chi connectivity index (χ0n) is 10.3. The molecule has 1 N–H and O–H groups in total. The van der Waals surface area contributed by atoms with E-state index in [1.807, 2.05) is 24.3 Å². The summed E-state index contributed by atoms with van der Waals surface area (Å²) < 4.78 is 0.981. The highest BCUT2D eigenvalue weighted by Crippen LogP contribution is 2.23. The molecule has 1 heterocycles. The van der Waals surface area contributed by atoms with Crippen molar-refractivity contribution >= 4 is 21.9 Å². The van der Waals surface area contributed by atoms with Crippen molar-refractivity contribution < 1.29 is 9.90 Å². The van der Waals surface area contributed by atoms with E-state index in [4.69, 9.17) is 0 Å². The fourth-order valence-electron chi connectivity index (χ4n) is 2.45. The molecule has 0 radical (unpaired) electrons. The Morgan fingerprint density at radius 3 is 2.44 bits per heavy atom. The predicted molar refractivity (Wildman–Crippen MR) is 74.8 cm³/mol. The summed E-state index contributed by atoms with van der Waals surface area (Å²) in [6.45, 7) is 3.12. The van der Waals surface area contributed by atoms with Gasteiger partial charge in [0.1, 0.15) is 0 Å². The topological polar surface area (TPSA) is 40.5 Å². The Morgan fingerprint density at radius 1 is 1.28 bits per heavy atom. The summed E-state index contributed by atoms with van der Waals surface area (Å²) in [6, 6.07) is 7.60. The van der Waals surface area contributed by atoms with Gasteiger partial charge in [-0.2, -0.15) is 0 Å². The van der Waals surface area contributed by atoms with Crippen molar-refractivity contribution in [2.45, 2.75) is 25.2 Å². The molecule has 1 aromatic rings. The van der Waals surface area contributed by atoms with Crippen LogP contribution in [-0.2, 0) is 4.79 Å². The van der Waals surface area contributed by atoms with Crippen LogP contribution in [0.4, 0.5) is 0 Å². The van der Waals surface area contributed by atoms with Crippen LogP contribution in [0, 0.1) is 0 Å². The van der Waals surface area contributed by atoms with Crippen LogP contribution in [-0.4, -0.2) is 35.6 Å². The van der Waals surface area contributed by atoms with Crippen LogP contribution >= 0.6 is 15.9 Å². The van der Waals surface area contributed by atoms with E-state index in [0.717, 1.165) is 29.7 Å². The smallest absolute Gasteiger partial charge is 0.311 e. The Hall–Kier alpha value is -0.870. The second-order valence-electron chi connectivity index (χ2n) is 4.78. The van der Waals surface area contributed by atoms with Crippen LogP contribution in [0.25, 0.3) is 0 Å². The van der Waals surface area contributed by atoms with E-state index in [1.165, 1.54) is 12.8 Å².